The largest absolute Gasteiger partial charge is 0.508 e. The third-order valence-electron chi connectivity index (χ3n) is 2.07. The van der Waals surface area contributed by atoms with Crippen molar-refractivity contribution in [3.8, 4) is 17.1 Å². The molecule has 0 saturated heterocycles. The summed E-state index contributed by atoms with van der Waals surface area (Å²) in [5.41, 5.74) is 7.11. The summed E-state index contributed by atoms with van der Waals surface area (Å²) in [4.78, 5) is 0. The van der Waals surface area contributed by atoms with Crippen LogP contribution >= 0.6 is 0 Å². The SMILES string of the molecule is Cc1c(N)noc1-c1cccc(O)c1. The summed E-state index contributed by atoms with van der Waals surface area (Å²) in [6, 6.07) is 6.76. The topological polar surface area (TPSA) is 72.3 Å². The first kappa shape index (κ1) is 8.62. The van der Waals surface area contributed by atoms with Crippen molar-refractivity contribution < 1.29 is 9.63 Å². The molecule has 2 aromatic rings. The molecule has 0 amide bonds. The predicted octanol–water partition coefficient (Wildman–Crippen LogP) is 1.94. The van der Waals surface area contributed by atoms with Crippen molar-refractivity contribution in [1.29, 1.82) is 0 Å². The maximum Gasteiger partial charge on any atom is 0.172 e. The number of phenols is 1. The Kier molecular flexibility index (Phi) is 1.89. The lowest BCUT2D eigenvalue weighted by atomic mass is 10.1. The van der Waals surface area contributed by atoms with E-state index in [1.807, 2.05) is 13.0 Å². The van der Waals surface area contributed by atoms with Gasteiger partial charge in [-0.25, -0.2) is 0 Å². The van der Waals surface area contributed by atoms with Gasteiger partial charge in [0.1, 0.15) is 5.75 Å². The molecule has 0 atom stereocenters. The van der Waals surface area contributed by atoms with Crippen LogP contribution in [0.5, 0.6) is 5.75 Å². The third-order valence-corrected chi connectivity index (χ3v) is 2.07. The zero-order valence-corrected chi connectivity index (χ0v) is 7.69. The van der Waals surface area contributed by atoms with Gasteiger partial charge in [0, 0.05) is 11.1 Å². The van der Waals surface area contributed by atoms with Gasteiger partial charge < -0.3 is 15.4 Å². The summed E-state index contributed by atoms with van der Waals surface area (Å²) in [5.74, 6) is 1.17. The first-order valence-electron chi connectivity index (χ1n) is 4.19. The molecule has 0 aliphatic heterocycles. The van der Waals surface area contributed by atoms with Crippen LogP contribution in [-0.4, -0.2) is 10.3 Å². The van der Waals surface area contributed by atoms with Gasteiger partial charge in [-0.2, -0.15) is 0 Å². The minimum absolute atomic E-state index is 0.192. The van der Waals surface area contributed by atoms with E-state index in [-0.39, 0.29) is 5.75 Å². The minimum atomic E-state index is 0.192. The number of benzene rings is 1. The molecule has 1 heterocycles. The Bertz CT molecular complexity index is 463. The summed E-state index contributed by atoms with van der Waals surface area (Å²) in [6.07, 6.45) is 0. The molecule has 1 aromatic heterocycles. The van der Waals surface area contributed by atoms with Gasteiger partial charge >= 0.3 is 0 Å². The fourth-order valence-electron chi connectivity index (χ4n) is 1.26. The highest BCUT2D eigenvalue weighted by atomic mass is 16.5. The number of aromatic nitrogens is 1. The molecule has 0 saturated carbocycles. The average molecular weight is 190 g/mol. The lowest BCUT2D eigenvalue weighted by Crippen LogP contribution is -1.86. The molecule has 0 aliphatic carbocycles. The molecule has 3 N–H and O–H groups in total. The fourth-order valence-corrected chi connectivity index (χ4v) is 1.26. The van der Waals surface area contributed by atoms with Crippen molar-refractivity contribution >= 4 is 5.82 Å². The number of hydrogen-bond acceptors (Lipinski definition) is 4. The van der Waals surface area contributed by atoms with Crippen molar-refractivity contribution in [2.45, 2.75) is 6.92 Å². The predicted molar refractivity (Wildman–Crippen MR) is 52.8 cm³/mol. The molecule has 4 heteroatoms. The summed E-state index contributed by atoms with van der Waals surface area (Å²) in [7, 11) is 0. The highest BCUT2D eigenvalue weighted by molar-refractivity contribution is 5.66. The smallest absolute Gasteiger partial charge is 0.172 e. The van der Waals surface area contributed by atoms with Gasteiger partial charge in [0.05, 0.1) is 0 Å². The highest BCUT2D eigenvalue weighted by Gasteiger charge is 2.11. The Morgan fingerprint density at radius 2 is 2.21 bits per heavy atom. The maximum absolute atomic E-state index is 9.28. The van der Waals surface area contributed by atoms with Crippen LogP contribution in [0.3, 0.4) is 0 Å². The van der Waals surface area contributed by atoms with Crippen molar-refractivity contribution in [2.24, 2.45) is 0 Å². The zero-order valence-electron chi connectivity index (χ0n) is 7.69. The van der Waals surface area contributed by atoms with E-state index >= 15 is 0 Å². The Labute approximate surface area is 81.0 Å². The minimum Gasteiger partial charge on any atom is -0.508 e. The molecule has 0 aliphatic rings. The molecule has 0 unspecified atom stereocenters. The second-order valence-corrected chi connectivity index (χ2v) is 3.07. The van der Waals surface area contributed by atoms with Crippen LogP contribution in [0.1, 0.15) is 5.56 Å². The van der Waals surface area contributed by atoms with Gasteiger partial charge in [0.25, 0.3) is 0 Å². The number of phenolic OH excluding ortho intramolecular Hbond substituents is 1. The number of nitrogen functional groups attached to an aromatic ring is 1. The maximum atomic E-state index is 9.28. The highest BCUT2D eigenvalue weighted by Crippen LogP contribution is 2.28. The molecule has 1 aromatic carbocycles. The van der Waals surface area contributed by atoms with E-state index in [4.69, 9.17) is 10.3 Å². The van der Waals surface area contributed by atoms with Crippen molar-refractivity contribution in [1.82, 2.24) is 5.16 Å². The lowest BCUT2D eigenvalue weighted by Gasteiger charge is -1.97. The first-order valence-corrected chi connectivity index (χ1v) is 4.19. The Morgan fingerprint density at radius 1 is 1.43 bits per heavy atom. The quantitative estimate of drug-likeness (QED) is 0.720. The van der Waals surface area contributed by atoms with Crippen LogP contribution in [-0.2, 0) is 0 Å². The van der Waals surface area contributed by atoms with E-state index < -0.39 is 0 Å². The molecule has 0 radical (unpaired) electrons. The van der Waals surface area contributed by atoms with Crippen molar-refractivity contribution in [3.05, 3.63) is 29.8 Å². The molecular weight excluding hydrogens is 180 g/mol. The van der Waals surface area contributed by atoms with Crippen LogP contribution in [0.2, 0.25) is 0 Å². The molecule has 0 bridgehead atoms. The third kappa shape index (κ3) is 1.31. The van der Waals surface area contributed by atoms with Gasteiger partial charge in [-0.15, -0.1) is 0 Å². The number of nitrogens with zero attached hydrogens (tertiary/aromatic N) is 1. The number of hydrogen-bond donors (Lipinski definition) is 2. The van der Waals surface area contributed by atoms with E-state index in [0.717, 1.165) is 11.1 Å². The summed E-state index contributed by atoms with van der Waals surface area (Å²) in [5, 5.41) is 12.9. The lowest BCUT2D eigenvalue weighted by molar-refractivity contribution is 0.434. The van der Waals surface area contributed by atoms with E-state index in [0.29, 0.717) is 11.6 Å². The van der Waals surface area contributed by atoms with Gasteiger partial charge in [-0.05, 0) is 19.1 Å². The van der Waals surface area contributed by atoms with Crippen LogP contribution < -0.4 is 5.73 Å². The standard InChI is InChI=1S/C10H10N2O2/c1-6-9(14-12-10(6)11)7-3-2-4-8(13)5-7/h2-5,13H,1H3,(H2,11,12). The molecule has 2 rings (SSSR count). The Morgan fingerprint density at radius 3 is 2.79 bits per heavy atom. The number of aromatic hydroxyl groups is 1. The van der Waals surface area contributed by atoms with Crippen LogP contribution in [0.4, 0.5) is 5.82 Å². The number of anilines is 1. The second-order valence-electron chi connectivity index (χ2n) is 3.07. The Hall–Kier alpha value is -1.97. The Balaban J connectivity index is 2.55. The molecular formula is C10H10N2O2. The van der Waals surface area contributed by atoms with Crippen molar-refractivity contribution in [2.75, 3.05) is 5.73 Å². The van der Waals surface area contributed by atoms with E-state index in [2.05, 4.69) is 5.16 Å². The van der Waals surface area contributed by atoms with Gasteiger partial charge in [-0.3, -0.25) is 0 Å². The summed E-state index contributed by atoms with van der Waals surface area (Å²) in [6.45, 7) is 1.82. The summed E-state index contributed by atoms with van der Waals surface area (Å²) < 4.78 is 5.05. The van der Waals surface area contributed by atoms with Crippen molar-refractivity contribution in [3.63, 3.8) is 0 Å². The monoisotopic (exact) mass is 190 g/mol. The fraction of sp³-hybridized carbons (Fsp3) is 0.100. The van der Waals surface area contributed by atoms with Gasteiger partial charge in [0.2, 0.25) is 0 Å². The van der Waals surface area contributed by atoms with Crippen LogP contribution in [0.15, 0.2) is 28.8 Å². The normalized spacial score (nSPS) is 10.4. The molecule has 0 fully saturated rings. The van der Waals surface area contributed by atoms with Crippen LogP contribution in [0.25, 0.3) is 11.3 Å². The summed E-state index contributed by atoms with van der Waals surface area (Å²) >= 11 is 0. The number of nitrogens with two attached hydrogens (primary N) is 1. The molecule has 14 heavy (non-hydrogen) atoms. The van der Waals surface area contributed by atoms with Gasteiger partial charge in [-0.1, -0.05) is 17.3 Å². The first-order chi connectivity index (χ1) is 6.68. The second kappa shape index (κ2) is 3.06. The zero-order chi connectivity index (χ0) is 10.1. The average Bonchev–Trinajstić information content (AvgIpc) is 2.48. The molecule has 4 nitrogen and oxygen atoms in total. The van der Waals surface area contributed by atoms with E-state index in [1.54, 1.807) is 18.2 Å². The number of rotatable bonds is 1. The molecule has 0 spiro atoms. The van der Waals surface area contributed by atoms with Gasteiger partial charge in [0.15, 0.2) is 11.6 Å². The van der Waals surface area contributed by atoms with E-state index in [9.17, 15) is 5.11 Å². The van der Waals surface area contributed by atoms with E-state index in [1.165, 1.54) is 0 Å². The van der Waals surface area contributed by atoms with Crippen LogP contribution in [0, 0.1) is 6.92 Å². The molecule has 72 valence electrons.